The van der Waals surface area contributed by atoms with Gasteiger partial charge >= 0.3 is 36.4 Å². The van der Waals surface area contributed by atoms with Crippen molar-refractivity contribution in [2.24, 2.45) is 0 Å². The van der Waals surface area contributed by atoms with Crippen LogP contribution in [0.25, 0.3) is 0 Å². The van der Waals surface area contributed by atoms with E-state index in [-0.39, 0.29) is 23.4 Å². The zero-order valence-corrected chi connectivity index (χ0v) is 21.2. The van der Waals surface area contributed by atoms with Gasteiger partial charge in [-0.05, 0) is 24.3 Å². The molecule has 0 spiro atoms. The summed E-state index contributed by atoms with van der Waals surface area (Å²) < 4.78 is 124. The first-order chi connectivity index (χ1) is 19.0. The molecule has 2 aromatic rings. The van der Waals surface area contributed by atoms with E-state index in [9.17, 15) is 53.9 Å². The minimum atomic E-state index is -6.58. The van der Waals surface area contributed by atoms with Crippen LogP contribution in [0.1, 0.15) is 15.9 Å². The number of thioether (sulfide) groups is 1. The summed E-state index contributed by atoms with van der Waals surface area (Å²) >= 11 is 1.60. The molecular weight excluding hydrogens is 596 g/mol. The van der Waals surface area contributed by atoms with E-state index < -0.39 is 64.8 Å². The fourth-order valence-electron chi connectivity index (χ4n) is 3.67. The van der Waals surface area contributed by atoms with Crippen LogP contribution in [0.4, 0.5) is 50.9 Å². The predicted molar refractivity (Wildman–Crippen MR) is 130 cm³/mol. The van der Waals surface area contributed by atoms with Gasteiger partial charge in [-0.3, -0.25) is 14.4 Å². The second-order valence-corrected chi connectivity index (χ2v) is 9.59. The van der Waals surface area contributed by atoms with E-state index in [0.717, 1.165) is 12.1 Å². The number of carbonyl (C=O) groups is 3. The molecule has 1 aliphatic rings. The number of hydrogen-bond donors (Lipinski definition) is 2. The molecule has 2 N–H and O–H groups in total. The van der Waals surface area contributed by atoms with Gasteiger partial charge in [0, 0.05) is 41.4 Å². The molecule has 3 rings (SSSR count). The van der Waals surface area contributed by atoms with E-state index in [4.69, 9.17) is 7.85 Å². The van der Waals surface area contributed by atoms with Crippen LogP contribution in [0.15, 0.2) is 36.4 Å². The Hall–Kier alpha value is -3.57. The summed E-state index contributed by atoms with van der Waals surface area (Å²) in [7, 11) is 5.47. The molecule has 1 saturated heterocycles. The molecule has 41 heavy (non-hydrogen) atoms. The number of rotatable bonds is 6. The smallest absolute Gasteiger partial charge is 0.433 e. The van der Waals surface area contributed by atoms with Gasteiger partial charge in [0.05, 0.1) is 5.69 Å². The normalized spacial score (nSPS) is 14.5. The molecule has 2 aromatic carbocycles. The van der Waals surface area contributed by atoms with Crippen LogP contribution in [0, 0.1) is 0 Å². The Morgan fingerprint density at radius 1 is 0.927 bits per heavy atom. The number of nitrogens with zero attached hydrogens (tertiary/aromatic N) is 1. The number of carbonyl (C=O) groups excluding carboxylic acids is 3. The fraction of sp³-hybridized carbons (Fsp3) is 0.348. The van der Waals surface area contributed by atoms with Crippen molar-refractivity contribution in [1.82, 2.24) is 4.90 Å². The van der Waals surface area contributed by atoms with E-state index in [1.807, 2.05) is 5.32 Å². The summed E-state index contributed by atoms with van der Waals surface area (Å²) in [5, 5.41) is 4.19. The Balaban J connectivity index is 1.90. The van der Waals surface area contributed by atoms with Crippen LogP contribution in [-0.2, 0) is 15.3 Å². The SMILES string of the molecule is [B]c1cc(C(F)(C(F)(F)F)C(F)(F)F)cc(OC(F)F)c1NC(=O)c1cccc(NC(=O)C(=O)N2CCSCC2)c1. The third-order valence-corrected chi connectivity index (χ3v) is 6.58. The fourth-order valence-corrected chi connectivity index (χ4v) is 4.57. The molecule has 1 aliphatic heterocycles. The third-order valence-electron chi connectivity index (χ3n) is 5.64. The maximum Gasteiger partial charge on any atom is 0.435 e. The van der Waals surface area contributed by atoms with Gasteiger partial charge in [0.2, 0.25) is 0 Å². The summed E-state index contributed by atoms with van der Waals surface area (Å²) in [4.78, 5) is 38.8. The number of halogens is 9. The monoisotopic (exact) mass is 613 g/mol. The molecule has 2 radical (unpaired) electrons. The number of hydrogen-bond acceptors (Lipinski definition) is 5. The Morgan fingerprint density at radius 2 is 1.54 bits per heavy atom. The average molecular weight is 613 g/mol. The molecule has 220 valence electrons. The minimum absolute atomic E-state index is 0.0627. The first kappa shape index (κ1) is 32.0. The summed E-state index contributed by atoms with van der Waals surface area (Å²) in [6.07, 6.45) is -13.2. The van der Waals surface area contributed by atoms with Crippen LogP contribution < -0.4 is 20.8 Å². The van der Waals surface area contributed by atoms with Crippen molar-refractivity contribution in [2.75, 3.05) is 35.2 Å². The Labute approximate surface area is 231 Å². The van der Waals surface area contributed by atoms with Crippen molar-refractivity contribution in [3.05, 3.63) is 47.5 Å². The molecule has 0 atom stereocenters. The second-order valence-electron chi connectivity index (χ2n) is 8.36. The highest BCUT2D eigenvalue weighted by atomic mass is 32.2. The van der Waals surface area contributed by atoms with E-state index in [1.54, 1.807) is 11.8 Å². The van der Waals surface area contributed by atoms with Crippen molar-refractivity contribution in [2.45, 2.75) is 24.6 Å². The first-order valence-electron chi connectivity index (χ1n) is 11.3. The minimum Gasteiger partial charge on any atom is -0.433 e. The molecule has 0 unspecified atom stereocenters. The molecular formula is C23H17BF9N3O4S. The molecule has 7 nitrogen and oxygen atoms in total. The lowest BCUT2D eigenvalue weighted by atomic mass is 9.85. The Kier molecular flexibility index (Phi) is 9.45. The molecule has 0 aromatic heterocycles. The van der Waals surface area contributed by atoms with Gasteiger partial charge in [-0.25, -0.2) is 4.39 Å². The number of nitrogens with one attached hydrogen (secondary N) is 2. The van der Waals surface area contributed by atoms with E-state index in [1.165, 1.54) is 17.0 Å². The lowest BCUT2D eigenvalue weighted by Gasteiger charge is -2.31. The summed E-state index contributed by atoms with van der Waals surface area (Å²) in [5.41, 5.74) is -10.8. The Morgan fingerprint density at radius 3 is 2.10 bits per heavy atom. The number of alkyl halides is 9. The van der Waals surface area contributed by atoms with Crippen LogP contribution in [0.2, 0.25) is 0 Å². The van der Waals surface area contributed by atoms with Gasteiger partial charge < -0.3 is 20.3 Å². The highest BCUT2D eigenvalue weighted by Crippen LogP contribution is 2.53. The van der Waals surface area contributed by atoms with Gasteiger partial charge in [-0.15, -0.1) is 0 Å². The number of ether oxygens (including phenoxy) is 1. The summed E-state index contributed by atoms with van der Waals surface area (Å²) in [6.45, 7) is -3.14. The summed E-state index contributed by atoms with van der Waals surface area (Å²) in [6, 6.07) is 4.26. The van der Waals surface area contributed by atoms with Gasteiger partial charge in [0.15, 0.2) is 0 Å². The zero-order valence-electron chi connectivity index (χ0n) is 20.3. The van der Waals surface area contributed by atoms with Gasteiger partial charge in [0.1, 0.15) is 13.6 Å². The topological polar surface area (TPSA) is 87.7 Å². The van der Waals surface area contributed by atoms with E-state index in [2.05, 4.69) is 10.1 Å². The molecule has 0 saturated carbocycles. The van der Waals surface area contributed by atoms with E-state index in [0.29, 0.717) is 24.6 Å². The highest BCUT2D eigenvalue weighted by molar-refractivity contribution is 7.99. The maximum absolute atomic E-state index is 14.5. The first-order valence-corrected chi connectivity index (χ1v) is 12.4. The van der Waals surface area contributed by atoms with Gasteiger partial charge in [-0.1, -0.05) is 17.6 Å². The third kappa shape index (κ3) is 7.02. The number of amides is 3. The number of benzene rings is 2. The van der Waals surface area contributed by atoms with Crippen LogP contribution in [0.5, 0.6) is 5.75 Å². The highest BCUT2D eigenvalue weighted by Gasteiger charge is 2.73. The second kappa shape index (κ2) is 12.1. The van der Waals surface area contributed by atoms with Crippen LogP contribution >= 0.6 is 11.8 Å². The number of anilines is 2. The van der Waals surface area contributed by atoms with Crippen molar-refractivity contribution >= 4 is 54.2 Å². The Bertz CT molecular complexity index is 1300. The zero-order chi connectivity index (χ0) is 30.8. The van der Waals surface area contributed by atoms with Crippen molar-refractivity contribution < 1.29 is 58.6 Å². The van der Waals surface area contributed by atoms with Crippen molar-refractivity contribution in [3.8, 4) is 5.75 Å². The lowest BCUT2D eigenvalue weighted by molar-refractivity contribution is -0.348. The lowest BCUT2D eigenvalue weighted by Crippen LogP contribution is -2.50. The largest absolute Gasteiger partial charge is 0.435 e. The molecule has 0 aliphatic carbocycles. The van der Waals surface area contributed by atoms with Crippen molar-refractivity contribution in [3.63, 3.8) is 0 Å². The quantitative estimate of drug-likeness (QED) is 0.291. The van der Waals surface area contributed by atoms with Gasteiger partial charge in [-0.2, -0.15) is 46.9 Å². The summed E-state index contributed by atoms with van der Waals surface area (Å²) in [5.74, 6) is -3.27. The predicted octanol–water partition coefficient (Wildman–Crippen LogP) is 4.14. The molecule has 0 bridgehead atoms. The van der Waals surface area contributed by atoms with Crippen LogP contribution in [-0.4, -0.2) is 74.0 Å². The molecule has 1 fully saturated rings. The van der Waals surface area contributed by atoms with Gasteiger partial charge in [0.25, 0.3) is 5.91 Å². The van der Waals surface area contributed by atoms with Crippen molar-refractivity contribution in [1.29, 1.82) is 0 Å². The van der Waals surface area contributed by atoms with Crippen LogP contribution in [0.3, 0.4) is 0 Å². The molecule has 3 amide bonds. The standard InChI is InChI=1S/C23H17BF9N3O4S/c24-14-9-12(21(27,22(28,29)30)23(31,32)33)10-15(40-20(25)26)16(14)35-17(37)11-2-1-3-13(8-11)34-18(38)19(39)36-4-6-41-7-5-36/h1-3,8-10,20H,4-7H2,(H,34,38)(H,35,37). The molecule has 18 heteroatoms. The maximum atomic E-state index is 14.5. The van der Waals surface area contributed by atoms with E-state index >= 15 is 0 Å². The average Bonchev–Trinajstić information content (AvgIpc) is 2.88. The molecule has 1 heterocycles.